The zero-order chi connectivity index (χ0) is 13.1. The highest BCUT2D eigenvalue weighted by Crippen LogP contribution is 2.15. The van der Waals surface area contributed by atoms with Crippen LogP contribution in [0.5, 0.6) is 0 Å². The van der Waals surface area contributed by atoms with Gasteiger partial charge in [-0.2, -0.15) is 0 Å². The van der Waals surface area contributed by atoms with Crippen LogP contribution in [0.2, 0.25) is 0 Å². The number of rotatable bonds is 3. The van der Waals surface area contributed by atoms with E-state index in [2.05, 4.69) is 10.3 Å². The third-order valence-electron chi connectivity index (χ3n) is 2.14. The van der Waals surface area contributed by atoms with Crippen molar-refractivity contribution in [3.05, 3.63) is 45.9 Å². The van der Waals surface area contributed by atoms with Crippen LogP contribution in [0, 0.1) is 11.6 Å². The number of aromatic nitrogens is 1. The van der Waals surface area contributed by atoms with Gasteiger partial charge in [-0.1, -0.05) is 0 Å². The molecule has 1 aromatic carbocycles. The Labute approximate surface area is 105 Å². The normalized spacial score (nSPS) is 10.4. The molecule has 0 bridgehead atoms. The van der Waals surface area contributed by atoms with Crippen molar-refractivity contribution < 1.29 is 13.6 Å². The molecule has 2 rings (SSSR count). The van der Waals surface area contributed by atoms with E-state index in [1.807, 2.05) is 0 Å². The molecule has 18 heavy (non-hydrogen) atoms. The summed E-state index contributed by atoms with van der Waals surface area (Å²) in [5, 5.41) is 4.60. The van der Waals surface area contributed by atoms with Crippen LogP contribution in [-0.4, -0.2) is 10.9 Å². The van der Waals surface area contributed by atoms with Crippen molar-refractivity contribution in [3.63, 3.8) is 0 Å². The fraction of sp³-hybridized carbons (Fsp3) is 0.0909. The second-order valence-corrected chi connectivity index (χ2v) is 4.36. The van der Waals surface area contributed by atoms with Gasteiger partial charge in [0.25, 0.3) is 5.91 Å². The fourth-order valence-corrected chi connectivity index (χ4v) is 1.93. The number of hydrogen-bond donors (Lipinski definition) is 2. The maximum Gasteiger partial charge on any atom is 0.275 e. The molecule has 1 heterocycles. The van der Waals surface area contributed by atoms with E-state index < -0.39 is 17.5 Å². The van der Waals surface area contributed by atoms with Crippen molar-refractivity contribution in [1.82, 2.24) is 4.98 Å². The molecule has 0 unspecified atom stereocenters. The summed E-state index contributed by atoms with van der Waals surface area (Å²) in [7, 11) is 0. The van der Waals surface area contributed by atoms with Crippen LogP contribution in [0.1, 0.15) is 15.5 Å². The average molecular weight is 269 g/mol. The minimum absolute atomic E-state index is 0.168. The standard InChI is InChI=1S/C11H9F2N3OS/c12-7-2-1-6(3-8(7)13)15-11(17)9-5-18-10(4-14)16-9/h1-3,5H,4,14H2,(H,15,17). The van der Waals surface area contributed by atoms with Crippen molar-refractivity contribution >= 4 is 22.9 Å². The fourth-order valence-electron chi connectivity index (χ4n) is 1.28. The molecule has 0 radical (unpaired) electrons. The van der Waals surface area contributed by atoms with E-state index in [1.54, 1.807) is 5.38 Å². The lowest BCUT2D eigenvalue weighted by Crippen LogP contribution is -2.13. The summed E-state index contributed by atoms with van der Waals surface area (Å²) in [5.41, 5.74) is 5.74. The van der Waals surface area contributed by atoms with Gasteiger partial charge in [-0.25, -0.2) is 13.8 Å². The largest absolute Gasteiger partial charge is 0.325 e. The molecule has 0 saturated carbocycles. The number of carbonyl (C=O) groups excluding carboxylic acids is 1. The summed E-state index contributed by atoms with van der Waals surface area (Å²) < 4.78 is 25.6. The van der Waals surface area contributed by atoms with E-state index in [4.69, 9.17) is 5.73 Å². The van der Waals surface area contributed by atoms with Crippen molar-refractivity contribution in [1.29, 1.82) is 0 Å². The summed E-state index contributed by atoms with van der Waals surface area (Å²) in [6.07, 6.45) is 0. The van der Waals surface area contributed by atoms with Crippen molar-refractivity contribution in [2.24, 2.45) is 5.73 Å². The molecule has 0 atom stereocenters. The molecule has 7 heteroatoms. The van der Waals surface area contributed by atoms with Crippen LogP contribution in [0.4, 0.5) is 14.5 Å². The lowest BCUT2D eigenvalue weighted by atomic mass is 10.3. The Kier molecular flexibility index (Phi) is 3.63. The van der Waals surface area contributed by atoms with Crippen molar-refractivity contribution in [2.45, 2.75) is 6.54 Å². The van der Waals surface area contributed by atoms with E-state index in [9.17, 15) is 13.6 Å². The van der Waals surface area contributed by atoms with Crippen LogP contribution >= 0.6 is 11.3 Å². The van der Waals surface area contributed by atoms with Crippen molar-refractivity contribution in [3.8, 4) is 0 Å². The number of carbonyl (C=O) groups is 1. The van der Waals surface area contributed by atoms with Gasteiger partial charge in [-0.05, 0) is 12.1 Å². The van der Waals surface area contributed by atoms with Crippen LogP contribution in [0.3, 0.4) is 0 Å². The first-order valence-electron chi connectivity index (χ1n) is 5.01. The molecule has 1 aromatic heterocycles. The first-order chi connectivity index (χ1) is 8.60. The maximum atomic E-state index is 12.9. The Bertz CT molecular complexity index is 585. The summed E-state index contributed by atoms with van der Waals surface area (Å²) in [6.45, 7) is 0.253. The lowest BCUT2D eigenvalue weighted by Gasteiger charge is -2.03. The zero-order valence-corrected chi connectivity index (χ0v) is 9.93. The maximum absolute atomic E-state index is 12.9. The Balaban J connectivity index is 2.13. The van der Waals surface area contributed by atoms with Gasteiger partial charge in [-0.15, -0.1) is 11.3 Å². The van der Waals surface area contributed by atoms with E-state index in [-0.39, 0.29) is 17.9 Å². The highest BCUT2D eigenvalue weighted by molar-refractivity contribution is 7.09. The van der Waals surface area contributed by atoms with E-state index in [0.717, 1.165) is 12.1 Å². The number of amides is 1. The molecule has 1 amide bonds. The molecule has 0 spiro atoms. The summed E-state index contributed by atoms with van der Waals surface area (Å²) in [6, 6.07) is 3.12. The number of halogens is 2. The number of nitrogens with one attached hydrogen (secondary N) is 1. The lowest BCUT2D eigenvalue weighted by molar-refractivity contribution is 0.102. The second-order valence-electron chi connectivity index (χ2n) is 3.41. The first kappa shape index (κ1) is 12.6. The quantitative estimate of drug-likeness (QED) is 0.897. The summed E-state index contributed by atoms with van der Waals surface area (Å²) >= 11 is 1.26. The van der Waals surface area contributed by atoms with E-state index in [1.165, 1.54) is 17.4 Å². The minimum Gasteiger partial charge on any atom is -0.325 e. The van der Waals surface area contributed by atoms with Gasteiger partial charge < -0.3 is 11.1 Å². The first-order valence-corrected chi connectivity index (χ1v) is 5.89. The number of thiazole rings is 1. The highest BCUT2D eigenvalue weighted by Gasteiger charge is 2.11. The smallest absolute Gasteiger partial charge is 0.275 e. The van der Waals surface area contributed by atoms with Gasteiger partial charge in [0.2, 0.25) is 0 Å². The van der Waals surface area contributed by atoms with Crippen LogP contribution in [-0.2, 0) is 6.54 Å². The Morgan fingerprint density at radius 2 is 2.17 bits per heavy atom. The van der Waals surface area contributed by atoms with Crippen LogP contribution < -0.4 is 11.1 Å². The molecule has 0 saturated heterocycles. The number of anilines is 1. The molecule has 0 aliphatic carbocycles. The molecular weight excluding hydrogens is 260 g/mol. The predicted octanol–water partition coefficient (Wildman–Crippen LogP) is 2.13. The molecule has 0 aliphatic heterocycles. The van der Waals surface area contributed by atoms with Gasteiger partial charge in [0.05, 0.1) is 0 Å². The summed E-state index contributed by atoms with van der Waals surface area (Å²) in [5.74, 6) is -2.47. The van der Waals surface area contributed by atoms with Gasteiger partial charge in [0.15, 0.2) is 11.6 Å². The third kappa shape index (κ3) is 2.69. The molecule has 0 aliphatic rings. The van der Waals surface area contributed by atoms with Crippen molar-refractivity contribution in [2.75, 3.05) is 5.32 Å². The molecule has 0 fully saturated rings. The van der Waals surface area contributed by atoms with Gasteiger partial charge in [0, 0.05) is 23.7 Å². The van der Waals surface area contributed by atoms with Gasteiger partial charge >= 0.3 is 0 Å². The Morgan fingerprint density at radius 3 is 2.78 bits per heavy atom. The number of nitrogens with zero attached hydrogens (tertiary/aromatic N) is 1. The third-order valence-corrected chi connectivity index (χ3v) is 3.01. The molecule has 94 valence electrons. The molecule has 3 N–H and O–H groups in total. The predicted molar refractivity (Wildman–Crippen MR) is 64.3 cm³/mol. The number of benzene rings is 1. The molecule has 2 aromatic rings. The van der Waals surface area contributed by atoms with Crippen LogP contribution in [0.25, 0.3) is 0 Å². The van der Waals surface area contributed by atoms with Gasteiger partial charge in [0.1, 0.15) is 10.7 Å². The zero-order valence-electron chi connectivity index (χ0n) is 9.11. The highest BCUT2D eigenvalue weighted by atomic mass is 32.1. The number of nitrogens with two attached hydrogens (primary N) is 1. The van der Waals surface area contributed by atoms with E-state index >= 15 is 0 Å². The molecular formula is C11H9F2N3OS. The Morgan fingerprint density at radius 1 is 1.39 bits per heavy atom. The SMILES string of the molecule is NCc1nc(C(=O)Nc2ccc(F)c(F)c2)cs1. The van der Waals surface area contributed by atoms with Crippen LogP contribution in [0.15, 0.2) is 23.6 Å². The molecule has 4 nitrogen and oxygen atoms in total. The Hall–Kier alpha value is -1.86. The van der Waals surface area contributed by atoms with E-state index in [0.29, 0.717) is 5.01 Å². The second kappa shape index (κ2) is 5.19. The minimum atomic E-state index is -1.02. The monoisotopic (exact) mass is 269 g/mol. The average Bonchev–Trinajstić information content (AvgIpc) is 2.82. The number of hydrogen-bond acceptors (Lipinski definition) is 4. The summed E-state index contributed by atoms with van der Waals surface area (Å²) in [4.78, 5) is 15.7. The van der Waals surface area contributed by atoms with Gasteiger partial charge in [-0.3, -0.25) is 4.79 Å². The topological polar surface area (TPSA) is 68.0 Å².